The van der Waals surface area contributed by atoms with E-state index >= 15 is 0 Å². The molecule has 0 N–H and O–H groups in total. The summed E-state index contributed by atoms with van der Waals surface area (Å²) in [5.41, 5.74) is 1.24. The van der Waals surface area contributed by atoms with Gasteiger partial charge in [-0.25, -0.2) is 0 Å². The van der Waals surface area contributed by atoms with E-state index in [-0.39, 0.29) is 0 Å². The summed E-state index contributed by atoms with van der Waals surface area (Å²) in [5.74, 6) is 1.94. The molecule has 2 rings (SSSR count). The van der Waals surface area contributed by atoms with Crippen molar-refractivity contribution in [2.75, 3.05) is 24.8 Å². The number of nitrogens with zero attached hydrogens (tertiary/aromatic N) is 2. The van der Waals surface area contributed by atoms with Crippen LogP contribution in [0.25, 0.3) is 0 Å². The maximum atomic E-state index is 8.65. The smallest absolute Gasteiger partial charge is 0.120 e. The molecule has 17 heavy (non-hydrogen) atoms. The Labute approximate surface area is 106 Å². The highest BCUT2D eigenvalue weighted by molar-refractivity contribution is 7.99. The minimum absolute atomic E-state index is 0.459. The van der Waals surface area contributed by atoms with E-state index in [9.17, 15) is 0 Å². The third-order valence-electron chi connectivity index (χ3n) is 3.12. The Morgan fingerprint density at radius 2 is 2.41 bits per heavy atom. The van der Waals surface area contributed by atoms with E-state index < -0.39 is 0 Å². The summed E-state index contributed by atoms with van der Waals surface area (Å²) >= 11 is 1.85. The van der Waals surface area contributed by atoms with Crippen molar-refractivity contribution in [2.24, 2.45) is 0 Å². The molecule has 0 bridgehead atoms. The lowest BCUT2D eigenvalue weighted by Gasteiger charge is -2.35. The highest BCUT2D eigenvalue weighted by Crippen LogP contribution is 2.39. The lowest BCUT2D eigenvalue weighted by molar-refractivity contribution is 0.413. The zero-order chi connectivity index (χ0) is 12.3. The Morgan fingerprint density at radius 3 is 3.12 bits per heavy atom. The molecule has 0 aromatic heterocycles. The number of thioether (sulfide) groups is 1. The highest BCUT2D eigenvalue weighted by Gasteiger charge is 2.23. The van der Waals surface area contributed by atoms with Gasteiger partial charge in [0.2, 0.25) is 0 Å². The molecule has 1 aliphatic heterocycles. The number of rotatable bonds is 3. The number of nitriles is 1. The number of anilines is 1. The van der Waals surface area contributed by atoms with Gasteiger partial charge in [-0.3, -0.25) is 0 Å². The number of benzene rings is 1. The third kappa shape index (κ3) is 2.50. The number of hydrogen-bond donors (Lipinski definition) is 0. The summed E-state index contributed by atoms with van der Waals surface area (Å²) in [4.78, 5) is 3.54. The molecule has 1 unspecified atom stereocenters. The van der Waals surface area contributed by atoms with Crippen LogP contribution in [-0.2, 0) is 0 Å². The van der Waals surface area contributed by atoms with Crippen LogP contribution in [0.5, 0.6) is 5.75 Å². The number of hydrogen-bond acceptors (Lipinski definition) is 4. The van der Waals surface area contributed by atoms with Gasteiger partial charge in [0.15, 0.2) is 0 Å². The van der Waals surface area contributed by atoms with Crippen molar-refractivity contribution in [3.05, 3.63) is 18.2 Å². The van der Waals surface area contributed by atoms with Gasteiger partial charge in [-0.15, -0.1) is 11.8 Å². The molecular formula is C13H16N2OS. The first-order valence-electron chi connectivity index (χ1n) is 5.67. The van der Waals surface area contributed by atoms with Gasteiger partial charge in [0.05, 0.1) is 18.9 Å². The molecule has 0 aliphatic carbocycles. The SMILES string of the molecule is COc1ccc2c(c1)SCC(CCC#N)N2C. The fourth-order valence-corrected chi connectivity index (χ4v) is 3.35. The Balaban J connectivity index is 2.18. The van der Waals surface area contributed by atoms with Crippen molar-refractivity contribution in [1.29, 1.82) is 5.26 Å². The van der Waals surface area contributed by atoms with E-state index in [4.69, 9.17) is 10.00 Å². The first-order valence-corrected chi connectivity index (χ1v) is 6.65. The predicted molar refractivity (Wildman–Crippen MR) is 70.8 cm³/mol. The zero-order valence-corrected chi connectivity index (χ0v) is 11.0. The van der Waals surface area contributed by atoms with Crippen LogP contribution in [0.1, 0.15) is 12.8 Å². The van der Waals surface area contributed by atoms with E-state index in [2.05, 4.69) is 30.1 Å². The molecule has 1 heterocycles. The molecule has 1 aliphatic rings. The molecule has 0 radical (unpaired) electrons. The van der Waals surface area contributed by atoms with Crippen LogP contribution in [-0.4, -0.2) is 26.0 Å². The Bertz CT molecular complexity index is 442. The monoisotopic (exact) mass is 248 g/mol. The van der Waals surface area contributed by atoms with Gasteiger partial charge in [-0.2, -0.15) is 5.26 Å². The molecule has 1 aromatic rings. The van der Waals surface area contributed by atoms with Crippen LogP contribution in [0.3, 0.4) is 0 Å². The van der Waals surface area contributed by atoms with Crippen molar-refractivity contribution in [1.82, 2.24) is 0 Å². The third-order valence-corrected chi connectivity index (χ3v) is 4.30. The Kier molecular flexibility index (Phi) is 3.80. The van der Waals surface area contributed by atoms with E-state index in [0.717, 1.165) is 17.9 Å². The fraction of sp³-hybridized carbons (Fsp3) is 0.462. The summed E-state index contributed by atoms with van der Waals surface area (Å²) in [5, 5.41) is 8.65. The topological polar surface area (TPSA) is 36.3 Å². The molecular weight excluding hydrogens is 232 g/mol. The number of ether oxygens (including phenoxy) is 1. The second kappa shape index (κ2) is 5.33. The van der Waals surface area contributed by atoms with E-state index in [1.807, 2.05) is 17.8 Å². The van der Waals surface area contributed by atoms with Crippen molar-refractivity contribution >= 4 is 17.4 Å². The molecule has 3 nitrogen and oxygen atoms in total. The van der Waals surface area contributed by atoms with Gasteiger partial charge in [0, 0.05) is 30.2 Å². The van der Waals surface area contributed by atoms with Crippen molar-refractivity contribution in [2.45, 2.75) is 23.8 Å². The van der Waals surface area contributed by atoms with E-state index in [1.165, 1.54) is 10.6 Å². The summed E-state index contributed by atoms with van der Waals surface area (Å²) in [6, 6.07) is 8.85. The summed E-state index contributed by atoms with van der Waals surface area (Å²) in [6.07, 6.45) is 1.56. The molecule has 0 fully saturated rings. The molecule has 1 atom stereocenters. The Hall–Kier alpha value is -1.34. The molecule has 0 spiro atoms. The van der Waals surface area contributed by atoms with Crippen LogP contribution in [0.4, 0.5) is 5.69 Å². The summed E-state index contributed by atoms with van der Waals surface area (Å²) in [6.45, 7) is 0. The molecule has 0 saturated carbocycles. The molecule has 1 aromatic carbocycles. The molecule has 0 amide bonds. The van der Waals surface area contributed by atoms with E-state index in [0.29, 0.717) is 12.5 Å². The van der Waals surface area contributed by atoms with Gasteiger partial charge >= 0.3 is 0 Å². The van der Waals surface area contributed by atoms with Gasteiger partial charge in [0.1, 0.15) is 5.75 Å². The second-order valence-electron chi connectivity index (χ2n) is 4.11. The van der Waals surface area contributed by atoms with Gasteiger partial charge in [-0.05, 0) is 24.6 Å². The predicted octanol–water partition coefficient (Wildman–Crippen LogP) is 2.91. The van der Waals surface area contributed by atoms with Gasteiger partial charge in [0.25, 0.3) is 0 Å². The number of methoxy groups -OCH3 is 1. The minimum atomic E-state index is 0.459. The number of fused-ring (bicyclic) bond motifs is 1. The fourth-order valence-electron chi connectivity index (χ4n) is 2.03. The maximum absolute atomic E-state index is 8.65. The van der Waals surface area contributed by atoms with Crippen LogP contribution in [0.2, 0.25) is 0 Å². The average Bonchev–Trinajstić information content (AvgIpc) is 2.37. The zero-order valence-electron chi connectivity index (χ0n) is 10.1. The molecule has 0 saturated heterocycles. The van der Waals surface area contributed by atoms with Crippen LogP contribution >= 0.6 is 11.8 Å². The maximum Gasteiger partial charge on any atom is 0.120 e. The van der Waals surface area contributed by atoms with Gasteiger partial charge in [-0.1, -0.05) is 0 Å². The van der Waals surface area contributed by atoms with Crippen molar-refractivity contribution in [3.63, 3.8) is 0 Å². The van der Waals surface area contributed by atoms with Gasteiger partial charge < -0.3 is 9.64 Å². The van der Waals surface area contributed by atoms with Crippen LogP contribution in [0, 0.1) is 11.3 Å². The van der Waals surface area contributed by atoms with Crippen molar-refractivity contribution < 1.29 is 4.74 Å². The van der Waals surface area contributed by atoms with Crippen LogP contribution in [0.15, 0.2) is 23.1 Å². The van der Waals surface area contributed by atoms with Crippen molar-refractivity contribution in [3.8, 4) is 11.8 Å². The Morgan fingerprint density at radius 1 is 1.59 bits per heavy atom. The van der Waals surface area contributed by atoms with Crippen LogP contribution < -0.4 is 9.64 Å². The largest absolute Gasteiger partial charge is 0.497 e. The second-order valence-corrected chi connectivity index (χ2v) is 5.17. The quantitative estimate of drug-likeness (QED) is 0.824. The standard InChI is InChI=1S/C13H16N2OS/c1-15-10(4-3-7-14)9-17-13-8-11(16-2)5-6-12(13)15/h5-6,8,10H,3-4,9H2,1-2H3. The highest BCUT2D eigenvalue weighted by atomic mass is 32.2. The normalized spacial score (nSPS) is 18.4. The average molecular weight is 248 g/mol. The first-order chi connectivity index (χ1) is 8.26. The molecule has 4 heteroatoms. The lowest BCUT2D eigenvalue weighted by Crippen LogP contribution is -2.36. The lowest BCUT2D eigenvalue weighted by atomic mass is 10.1. The summed E-state index contributed by atoms with van der Waals surface area (Å²) < 4.78 is 5.23. The molecule has 90 valence electrons. The summed E-state index contributed by atoms with van der Waals surface area (Å²) in [7, 11) is 3.79. The minimum Gasteiger partial charge on any atom is -0.497 e. The van der Waals surface area contributed by atoms with E-state index in [1.54, 1.807) is 7.11 Å². The first kappa shape index (κ1) is 12.1.